The Kier molecular flexibility index (Phi) is 5.78. The van der Waals surface area contributed by atoms with Gasteiger partial charge in [-0.15, -0.1) is 0 Å². The molecule has 0 aliphatic carbocycles. The van der Waals surface area contributed by atoms with E-state index < -0.39 is 36.8 Å². The largest absolute Gasteiger partial charge is 0.197 e. The maximum Gasteiger partial charge on any atom is -0.197 e. The molecule has 2 aromatic carbocycles. The molecule has 0 aromatic heterocycles. The molecule has 0 amide bonds. The van der Waals surface area contributed by atoms with Gasteiger partial charge in [-0.2, -0.15) is 13.5 Å². The molecule has 1 saturated heterocycles. The van der Waals surface area contributed by atoms with Crippen molar-refractivity contribution in [3.63, 3.8) is 0 Å². The van der Waals surface area contributed by atoms with E-state index in [2.05, 4.69) is 11.6 Å². The Hall–Kier alpha value is 0.157. The number of hydrogen-bond acceptors (Lipinski definition) is 3. The van der Waals surface area contributed by atoms with Crippen molar-refractivity contribution in [1.82, 2.24) is 0 Å². The molecule has 2 unspecified atom stereocenters. The first-order valence-electron chi connectivity index (χ1n) is 7.73. The Morgan fingerprint density at radius 3 is 2.65 bits per heavy atom. The molecule has 2 aliphatic rings. The van der Waals surface area contributed by atoms with Crippen LogP contribution >= 0.6 is 28.6 Å². The molecule has 132 valence electrons. The standard InChI is InChI=1S/C17H13BF2O2PS.H2S.Tl/c1-16(2)17(3)22-18(21-16)12-6-4-5-10-9-13(19)15(20)11(14(10)12)7-8-23(17)24;;/h4-6,9H,1-3H3;1H2;/q-1;;+1. The van der Waals surface area contributed by atoms with Crippen LogP contribution in [-0.4, -0.2) is 42.3 Å². The third-order valence-electron chi connectivity index (χ3n) is 4.97. The summed E-state index contributed by atoms with van der Waals surface area (Å²) in [6, 6.07) is 6.63. The average Bonchev–Trinajstić information content (AvgIpc) is 2.82. The van der Waals surface area contributed by atoms with Crippen molar-refractivity contribution < 1.29 is 18.1 Å². The molecule has 2 nitrogen and oxygen atoms in total. The number of rotatable bonds is 1. The van der Waals surface area contributed by atoms with Gasteiger partial charge in [0, 0.05) is 0 Å². The summed E-state index contributed by atoms with van der Waals surface area (Å²) in [6.07, 6.45) is 0. The molecular formula is C17H15BF2O2PS2Tl. The van der Waals surface area contributed by atoms with E-state index in [1.807, 2.05) is 32.9 Å². The fraction of sp³-hybridized carbons (Fsp3) is 0.294. The van der Waals surface area contributed by atoms with Crippen LogP contribution in [0.1, 0.15) is 26.3 Å². The minimum Gasteiger partial charge on any atom is -0.197 e. The second-order valence-electron chi connectivity index (χ2n) is 6.69. The summed E-state index contributed by atoms with van der Waals surface area (Å²) in [5.74, 6) is 1.19. The summed E-state index contributed by atoms with van der Waals surface area (Å²) in [6.45, 7) is 6.05. The van der Waals surface area contributed by atoms with Crippen molar-refractivity contribution in [3.8, 4) is 11.6 Å². The zero-order valence-corrected chi connectivity index (χ0v) is 21.6. The first-order chi connectivity index (χ1) is 11.8. The van der Waals surface area contributed by atoms with Crippen LogP contribution in [-0.2, 0) is 9.31 Å². The van der Waals surface area contributed by atoms with Crippen LogP contribution < -0.4 is 5.46 Å². The fourth-order valence-corrected chi connectivity index (χ4v) is 15.2. The van der Waals surface area contributed by atoms with Gasteiger partial charge in [0.25, 0.3) is 0 Å². The van der Waals surface area contributed by atoms with E-state index in [0.717, 1.165) is 0 Å². The summed E-state index contributed by atoms with van der Waals surface area (Å²) in [4.78, 5) is 0. The van der Waals surface area contributed by atoms with Gasteiger partial charge < -0.3 is 0 Å². The van der Waals surface area contributed by atoms with Gasteiger partial charge in [0.15, 0.2) is 0 Å². The zero-order chi connectivity index (χ0) is 18.0. The first-order valence-corrected chi connectivity index (χ1v) is 16.1. The molecule has 26 heavy (non-hydrogen) atoms. The van der Waals surface area contributed by atoms with Gasteiger partial charge in [-0.1, -0.05) is 0 Å². The molecule has 9 heteroatoms. The van der Waals surface area contributed by atoms with Crippen molar-refractivity contribution in [3.05, 3.63) is 41.5 Å². The maximum atomic E-state index is 14.6. The fourth-order valence-electron chi connectivity index (χ4n) is 3.25. The number of hydrogen-bond donors (Lipinski definition) is 0. The zero-order valence-electron chi connectivity index (χ0n) is 14.4. The molecule has 2 aromatic rings. The minimum atomic E-state index is -0.936. The molecular weight excluding hydrogens is 584 g/mol. The van der Waals surface area contributed by atoms with Crippen molar-refractivity contribution in [2.75, 3.05) is 0 Å². The van der Waals surface area contributed by atoms with Gasteiger partial charge in [-0.3, -0.25) is 0 Å². The summed E-state index contributed by atoms with van der Waals surface area (Å²) in [5.41, 5.74) is 3.50. The van der Waals surface area contributed by atoms with E-state index >= 15 is 0 Å². The van der Waals surface area contributed by atoms with Gasteiger partial charge in [0.1, 0.15) is 0 Å². The smallest absolute Gasteiger partial charge is 0.197 e. The Morgan fingerprint density at radius 2 is 1.96 bits per heavy atom. The van der Waals surface area contributed by atoms with Crippen LogP contribution in [0.15, 0.2) is 24.3 Å². The maximum absolute atomic E-state index is 14.6. The van der Waals surface area contributed by atoms with E-state index in [1.165, 1.54) is 6.07 Å². The van der Waals surface area contributed by atoms with Crippen molar-refractivity contribution in [1.29, 1.82) is 0 Å². The number of benzene rings is 2. The second kappa shape index (κ2) is 7.20. The Balaban J connectivity index is 0.00000196. The van der Waals surface area contributed by atoms with Crippen molar-refractivity contribution in [2.24, 2.45) is 0 Å². The molecule has 2 aliphatic heterocycles. The van der Waals surface area contributed by atoms with Gasteiger partial charge in [-0.25, -0.2) is 0 Å². The van der Waals surface area contributed by atoms with E-state index in [1.54, 1.807) is 14.0 Å². The molecule has 0 spiro atoms. The monoisotopic (exact) mass is 600 g/mol. The van der Waals surface area contributed by atoms with Gasteiger partial charge in [0.05, 0.1) is 0 Å². The van der Waals surface area contributed by atoms with E-state index in [9.17, 15) is 8.78 Å². The molecule has 2 bridgehead atoms. The third kappa shape index (κ3) is 2.96. The molecule has 1 fully saturated rings. The van der Waals surface area contributed by atoms with Crippen molar-refractivity contribution in [2.45, 2.75) is 31.7 Å². The molecule has 0 N–H and O–H groups in total. The summed E-state index contributed by atoms with van der Waals surface area (Å²) >= 11 is 0.654. The normalized spacial score (nSPS) is 25.5. The van der Waals surface area contributed by atoms with Crippen LogP contribution in [0.3, 0.4) is 0 Å². The summed E-state index contributed by atoms with van der Waals surface area (Å²) in [5, 5.41) is 0.598. The van der Waals surface area contributed by atoms with Gasteiger partial charge >= 0.3 is 166 Å². The Morgan fingerprint density at radius 1 is 1.23 bits per heavy atom. The first kappa shape index (κ1) is 20.9. The third-order valence-corrected chi connectivity index (χ3v) is 16.2. The summed E-state index contributed by atoms with van der Waals surface area (Å²) in [7, 11) is 0.188. The molecule has 2 heterocycles. The second-order valence-corrected chi connectivity index (χ2v) is 17.7. The van der Waals surface area contributed by atoms with Crippen molar-refractivity contribution >= 4 is 76.2 Å². The van der Waals surface area contributed by atoms with Gasteiger partial charge in [0.2, 0.25) is 0 Å². The topological polar surface area (TPSA) is 18.5 Å². The van der Waals surface area contributed by atoms with Gasteiger partial charge in [-0.05, 0) is 0 Å². The Bertz CT molecular complexity index is 965. The van der Waals surface area contributed by atoms with Crippen LogP contribution in [0.5, 0.6) is 0 Å². The SMILES string of the molecule is CC1(C)OB2OC1(C)P([S][Tl])C#Cc1c(F)c(F)cc3cccc2c13.S. The predicted molar refractivity (Wildman–Crippen MR) is 111 cm³/mol. The minimum absolute atomic E-state index is 0. The summed E-state index contributed by atoms with van der Waals surface area (Å²) < 4.78 is 41.3. The average molecular weight is 600 g/mol. The molecule has 0 radical (unpaired) electrons. The van der Waals surface area contributed by atoms with Crippen LogP contribution in [0.25, 0.3) is 10.8 Å². The number of halogens is 2. The quantitative estimate of drug-likeness (QED) is 0.281. The molecule has 4 rings (SSSR count). The van der Waals surface area contributed by atoms with Crippen LogP contribution in [0, 0.1) is 23.2 Å². The van der Waals surface area contributed by atoms with E-state index in [4.69, 9.17) is 9.31 Å². The van der Waals surface area contributed by atoms with E-state index in [0.29, 0.717) is 40.5 Å². The van der Waals surface area contributed by atoms with E-state index in [-0.39, 0.29) is 19.1 Å². The molecule has 2 atom stereocenters. The molecule has 0 saturated carbocycles. The van der Waals surface area contributed by atoms with Crippen LogP contribution in [0.4, 0.5) is 8.78 Å². The van der Waals surface area contributed by atoms with Crippen LogP contribution in [0.2, 0.25) is 0 Å². The predicted octanol–water partition coefficient (Wildman–Crippen LogP) is 4.00. The Labute approximate surface area is 178 Å². The number of fused-ring (bicyclic) bond motifs is 3.